The number of likely N-dealkylation sites (tertiary alicyclic amines) is 1. The van der Waals surface area contributed by atoms with Gasteiger partial charge in [0, 0.05) is 18.5 Å². The number of carboxylic acids is 1. The maximum absolute atomic E-state index is 11.3. The predicted octanol–water partition coefficient (Wildman–Crippen LogP) is 2.04. The third kappa shape index (κ3) is 2.96. The molecule has 1 aliphatic rings. The summed E-state index contributed by atoms with van der Waals surface area (Å²) in [5.74, 6) is -0.837. The van der Waals surface area contributed by atoms with Crippen LogP contribution in [0.3, 0.4) is 0 Å². The van der Waals surface area contributed by atoms with E-state index in [9.17, 15) is 9.90 Å². The number of carboxylic acid groups (broad SMARTS) is 1. The predicted molar refractivity (Wildman–Crippen MR) is 81.7 cm³/mol. The van der Waals surface area contributed by atoms with Crippen molar-refractivity contribution in [2.24, 2.45) is 0 Å². The minimum absolute atomic E-state index is 0.498. The molecule has 0 unspecified atom stereocenters. The lowest BCUT2D eigenvalue weighted by Gasteiger charge is -2.35. The van der Waals surface area contributed by atoms with Crippen LogP contribution >= 0.6 is 11.3 Å². The summed E-state index contributed by atoms with van der Waals surface area (Å²) in [6, 6.07) is 0.498. The Kier molecular flexibility index (Phi) is 4.34. The number of thiazole rings is 1. The number of rotatable bonds is 4. The molecule has 2 heterocycles. The molecule has 1 aliphatic heterocycles. The second kappa shape index (κ2) is 5.69. The molecule has 0 aromatic carbocycles. The van der Waals surface area contributed by atoms with Crippen molar-refractivity contribution in [2.45, 2.75) is 38.1 Å². The highest BCUT2D eigenvalue weighted by Crippen LogP contribution is 2.31. The summed E-state index contributed by atoms with van der Waals surface area (Å²) < 4.78 is 0. The Balaban J connectivity index is 2.10. The van der Waals surface area contributed by atoms with E-state index < -0.39 is 11.4 Å². The summed E-state index contributed by atoms with van der Waals surface area (Å²) in [7, 11) is 4.21. The van der Waals surface area contributed by atoms with Crippen molar-refractivity contribution < 1.29 is 9.90 Å². The number of piperidine rings is 1. The first-order valence-electron chi connectivity index (χ1n) is 6.93. The number of hydrogen-bond donors (Lipinski definition) is 1. The van der Waals surface area contributed by atoms with Gasteiger partial charge in [-0.15, -0.1) is 11.3 Å². The molecule has 0 amide bonds. The fourth-order valence-corrected chi connectivity index (χ4v) is 3.39. The van der Waals surface area contributed by atoms with Crippen LogP contribution in [0.2, 0.25) is 0 Å². The van der Waals surface area contributed by atoms with E-state index in [1.54, 1.807) is 13.8 Å². The van der Waals surface area contributed by atoms with E-state index >= 15 is 0 Å². The molecule has 2 rings (SSSR count). The van der Waals surface area contributed by atoms with Crippen molar-refractivity contribution in [3.05, 3.63) is 11.1 Å². The van der Waals surface area contributed by atoms with Crippen LogP contribution in [0.4, 0.5) is 5.13 Å². The Bertz CT molecular complexity index is 479. The summed E-state index contributed by atoms with van der Waals surface area (Å²) in [6.07, 6.45) is 2.26. The minimum atomic E-state index is -0.928. The fraction of sp³-hybridized carbons (Fsp3) is 0.714. The topological polar surface area (TPSA) is 56.7 Å². The summed E-state index contributed by atoms with van der Waals surface area (Å²) in [5, 5.41) is 12.1. The maximum atomic E-state index is 11.3. The molecule has 1 aromatic rings. The van der Waals surface area contributed by atoms with E-state index in [1.165, 1.54) is 11.3 Å². The fourth-order valence-electron chi connectivity index (χ4n) is 2.36. The molecule has 0 radical (unpaired) electrons. The van der Waals surface area contributed by atoms with Crippen LogP contribution in [0.1, 0.15) is 32.4 Å². The number of aromatic nitrogens is 1. The van der Waals surface area contributed by atoms with Crippen molar-refractivity contribution in [2.75, 3.05) is 32.1 Å². The second-order valence-electron chi connectivity index (χ2n) is 6.09. The van der Waals surface area contributed by atoms with Crippen molar-refractivity contribution in [3.8, 4) is 0 Å². The highest BCUT2D eigenvalue weighted by Gasteiger charge is 2.33. The maximum Gasteiger partial charge on any atom is 0.315 e. The van der Waals surface area contributed by atoms with Crippen LogP contribution in [-0.4, -0.2) is 54.2 Å². The molecule has 0 bridgehead atoms. The molecule has 0 aliphatic carbocycles. The number of aliphatic carboxylic acids is 1. The van der Waals surface area contributed by atoms with Gasteiger partial charge in [-0.1, -0.05) is 0 Å². The zero-order valence-electron chi connectivity index (χ0n) is 12.6. The van der Waals surface area contributed by atoms with Gasteiger partial charge in [-0.05, 0) is 46.8 Å². The molecule has 1 N–H and O–H groups in total. The Hall–Kier alpha value is -1.14. The molecule has 1 saturated heterocycles. The zero-order valence-corrected chi connectivity index (χ0v) is 13.4. The average Bonchev–Trinajstić information content (AvgIpc) is 2.88. The quantitative estimate of drug-likeness (QED) is 0.921. The van der Waals surface area contributed by atoms with Crippen LogP contribution in [-0.2, 0) is 10.2 Å². The van der Waals surface area contributed by atoms with Crippen LogP contribution in [0.15, 0.2) is 5.38 Å². The van der Waals surface area contributed by atoms with Gasteiger partial charge in [0.25, 0.3) is 0 Å². The van der Waals surface area contributed by atoms with Gasteiger partial charge < -0.3 is 14.9 Å². The Morgan fingerprint density at radius 3 is 2.65 bits per heavy atom. The zero-order chi connectivity index (χ0) is 14.9. The SMILES string of the molecule is CN1CCC(N(C)c2nc(C(C)(C)C(=O)O)cs2)CC1. The van der Waals surface area contributed by atoms with E-state index in [1.807, 2.05) is 5.38 Å². The number of hydrogen-bond acceptors (Lipinski definition) is 5. The van der Waals surface area contributed by atoms with Crippen molar-refractivity contribution in [1.29, 1.82) is 0 Å². The summed E-state index contributed by atoms with van der Waals surface area (Å²) in [6.45, 7) is 5.61. The van der Waals surface area contributed by atoms with E-state index in [-0.39, 0.29) is 0 Å². The minimum Gasteiger partial charge on any atom is -0.481 e. The van der Waals surface area contributed by atoms with Gasteiger partial charge in [0.15, 0.2) is 5.13 Å². The summed E-state index contributed by atoms with van der Waals surface area (Å²) in [4.78, 5) is 20.4. The lowest BCUT2D eigenvalue weighted by molar-refractivity contribution is -0.142. The summed E-state index contributed by atoms with van der Waals surface area (Å²) in [5.41, 5.74) is -0.285. The third-order valence-electron chi connectivity index (χ3n) is 4.20. The van der Waals surface area contributed by atoms with Crippen LogP contribution in [0, 0.1) is 0 Å². The first-order chi connectivity index (χ1) is 9.32. The van der Waals surface area contributed by atoms with Gasteiger partial charge >= 0.3 is 5.97 Å². The van der Waals surface area contributed by atoms with E-state index in [4.69, 9.17) is 0 Å². The van der Waals surface area contributed by atoms with Gasteiger partial charge in [0.1, 0.15) is 5.41 Å². The number of carbonyl (C=O) groups is 1. The van der Waals surface area contributed by atoms with Gasteiger partial charge in [0.2, 0.25) is 0 Å². The van der Waals surface area contributed by atoms with Crippen molar-refractivity contribution in [3.63, 3.8) is 0 Å². The van der Waals surface area contributed by atoms with Gasteiger partial charge in [-0.3, -0.25) is 4.79 Å². The molecule has 1 aromatic heterocycles. The summed E-state index contributed by atoms with van der Waals surface area (Å²) >= 11 is 1.53. The number of anilines is 1. The van der Waals surface area contributed by atoms with Gasteiger partial charge in [-0.25, -0.2) is 4.98 Å². The largest absolute Gasteiger partial charge is 0.481 e. The molecule has 1 fully saturated rings. The van der Waals surface area contributed by atoms with E-state index in [0.29, 0.717) is 11.7 Å². The normalized spacial score (nSPS) is 18.2. The lowest BCUT2D eigenvalue weighted by atomic mass is 9.90. The average molecular weight is 297 g/mol. The van der Waals surface area contributed by atoms with Crippen LogP contribution in [0.5, 0.6) is 0 Å². The third-order valence-corrected chi connectivity index (χ3v) is 5.14. The van der Waals surface area contributed by atoms with Crippen LogP contribution < -0.4 is 4.90 Å². The number of nitrogens with zero attached hydrogens (tertiary/aromatic N) is 3. The van der Waals surface area contributed by atoms with Gasteiger partial charge in [-0.2, -0.15) is 0 Å². The van der Waals surface area contributed by atoms with Crippen LogP contribution in [0.25, 0.3) is 0 Å². The lowest BCUT2D eigenvalue weighted by Crippen LogP contribution is -2.42. The van der Waals surface area contributed by atoms with E-state index in [2.05, 4.69) is 28.9 Å². The molecule has 20 heavy (non-hydrogen) atoms. The molecular formula is C14H23N3O2S. The smallest absolute Gasteiger partial charge is 0.315 e. The molecule has 0 spiro atoms. The highest BCUT2D eigenvalue weighted by molar-refractivity contribution is 7.13. The van der Waals surface area contributed by atoms with Crippen molar-refractivity contribution in [1.82, 2.24) is 9.88 Å². The monoisotopic (exact) mass is 297 g/mol. The van der Waals surface area contributed by atoms with Gasteiger partial charge in [0.05, 0.1) is 5.69 Å². The Morgan fingerprint density at radius 2 is 2.10 bits per heavy atom. The standard InChI is InChI=1S/C14H23N3O2S/c1-14(2,12(18)19)11-9-20-13(15-11)17(4)10-5-7-16(3)8-6-10/h9-10H,5-8H2,1-4H3,(H,18,19). The Labute approximate surface area is 124 Å². The first-order valence-corrected chi connectivity index (χ1v) is 7.81. The molecule has 0 atom stereocenters. The highest BCUT2D eigenvalue weighted by atomic mass is 32.1. The molecule has 0 saturated carbocycles. The van der Waals surface area contributed by atoms with Crippen molar-refractivity contribution >= 4 is 22.4 Å². The molecular weight excluding hydrogens is 274 g/mol. The molecule has 6 heteroatoms. The first kappa shape index (κ1) is 15.3. The molecule has 112 valence electrons. The second-order valence-corrected chi connectivity index (χ2v) is 6.93. The van der Waals surface area contributed by atoms with E-state index in [0.717, 1.165) is 31.1 Å². The molecule has 5 nitrogen and oxygen atoms in total. The Morgan fingerprint density at radius 1 is 1.50 bits per heavy atom.